The number of para-hydroxylation sites is 1. The summed E-state index contributed by atoms with van der Waals surface area (Å²) in [6, 6.07) is 4.29. The zero-order valence-electron chi connectivity index (χ0n) is 14.5. The van der Waals surface area contributed by atoms with E-state index in [2.05, 4.69) is 15.3 Å². The number of sulfone groups is 1. The Hall–Kier alpha value is -2.62. The van der Waals surface area contributed by atoms with Crippen molar-refractivity contribution >= 4 is 27.2 Å². The first-order valence-corrected chi connectivity index (χ1v) is 10.2. The Morgan fingerprint density at radius 2 is 2.00 bits per heavy atom. The molecule has 1 unspecified atom stereocenters. The molecule has 27 heavy (non-hydrogen) atoms. The van der Waals surface area contributed by atoms with E-state index in [1.807, 2.05) is 0 Å². The van der Waals surface area contributed by atoms with Crippen molar-refractivity contribution < 1.29 is 22.0 Å². The molecule has 1 amide bonds. The van der Waals surface area contributed by atoms with Crippen LogP contribution in [0.2, 0.25) is 0 Å². The minimum Gasteiger partial charge on any atom is -0.335 e. The third-order valence-electron chi connectivity index (χ3n) is 4.35. The van der Waals surface area contributed by atoms with E-state index < -0.39 is 33.4 Å². The van der Waals surface area contributed by atoms with Crippen molar-refractivity contribution in [2.24, 2.45) is 0 Å². The predicted octanol–water partition coefficient (Wildman–Crippen LogP) is 2.15. The largest absolute Gasteiger partial charge is 0.335 e. The van der Waals surface area contributed by atoms with Crippen LogP contribution in [0.3, 0.4) is 0 Å². The quantitative estimate of drug-likeness (QED) is 0.833. The third kappa shape index (κ3) is 4.21. The van der Waals surface area contributed by atoms with Gasteiger partial charge < -0.3 is 10.2 Å². The molecule has 0 radical (unpaired) electrons. The second kappa shape index (κ2) is 7.55. The molecule has 10 heteroatoms. The van der Waals surface area contributed by atoms with Crippen molar-refractivity contribution in [3.63, 3.8) is 0 Å². The fourth-order valence-corrected chi connectivity index (χ4v) is 4.75. The van der Waals surface area contributed by atoms with Gasteiger partial charge in [0.2, 0.25) is 0 Å². The number of nitrogens with one attached hydrogen (secondary N) is 1. The third-order valence-corrected chi connectivity index (χ3v) is 6.10. The minimum absolute atomic E-state index is 0.00963. The molecule has 2 aromatic rings. The Morgan fingerprint density at radius 1 is 1.30 bits per heavy atom. The van der Waals surface area contributed by atoms with Gasteiger partial charge in [-0.25, -0.2) is 27.2 Å². The lowest BCUT2D eigenvalue weighted by Crippen LogP contribution is -2.41. The minimum atomic E-state index is -3.15. The first-order valence-electron chi connectivity index (χ1n) is 8.35. The second-order valence-corrected chi connectivity index (χ2v) is 8.39. The van der Waals surface area contributed by atoms with Gasteiger partial charge in [-0.2, -0.15) is 0 Å². The maximum absolute atomic E-state index is 13.8. The molecule has 0 spiro atoms. The smallest absolute Gasteiger partial charge is 0.272 e. The van der Waals surface area contributed by atoms with Gasteiger partial charge in [-0.15, -0.1) is 0 Å². The number of nitrogens with zero attached hydrogens (tertiary/aromatic N) is 3. The van der Waals surface area contributed by atoms with Crippen LogP contribution in [-0.2, 0) is 9.84 Å². The number of carbonyl (C=O) groups is 1. The van der Waals surface area contributed by atoms with E-state index in [-0.39, 0.29) is 28.7 Å². The van der Waals surface area contributed by atoms with E-state index in [0.29, 0.717) is 13.0 Å². The van der Waals surface area contributed by atoms with Crippen molar-refractivity contribution in [3.05, 3.63) is 47.9 Å². The Kier molecular flexibility index (Phi) is 5.36. The first kappa shape index (κ1) is 19.2. The maximum Gasteiger partial charge on any atom is 0.272 e. The summed E-state index contributed by atoms with van der Waals surface area (Å²) in [6.45, 7) is 2.06. The van der Waals surface area contributed by atoms with Crippen molar-refractivity contribution in [2.75, 3.05) is 23.4 Å². The van der Waals surface area contributed by atoms with E-state index in [0.717, 1.165) is 18.5 Å². The molecule has 0 bridgehead atoms. The number of benzene rings is 1. The van der Waals surface area contributed by atoms with E-state index in [1.165, 1.54) is 17.0 Å². The fraction of sp³-hybridized carbons (Fsp3) is 0.353. The van der Waals surface area contributed by atoms with Gasteiger partial charge in [-0.05, 0) is 25.5 Å². The molecular weight excluding hydrogens is 378 g/mol. The highest BCUT2D eigenvalue weighted by molar-refractivity contribution is 7.91. The van der Waals surface area contributed by atoms with Crippen molar-refractivity contribution in [2.45, 2.75) is 19.4 Å². The summed E-state index contributed by atoms with van der Waals surface area (Å²) < 4.78 is 50.9. The highest BCUT2D eigenvalue weighted by Crippen LogP contribution is 2.23. The van der Waals surface area contributed by atoms with Gasteiger partial charge in [-0.3, -0.25) is 4.79 Å². The maximum atomic E-state index is 13.8. The van der Waals surface area contributed by atoms with Crippen LogP contribution >= 0.6 is 0 Å². The molecule has 3 rings (SSSR count). The van der Waals surface area contributed by atoms with Crippen LogP contribution in [0, 0.1) is 11.6 Å². The Labute approximate surface area is 155 Å². The van der Waals surface area contributed by atoms with Crippen LogP contribution in [-0.4, -0.2) is 53.3 Å². The normalized spacial score (nSPS) is 18.3. The molecule has 1 aliphatic rings. The molecule has 1 aromatic heterocycles. The van der Waals surface area contributed by atoms with Gasteiger partial charge in [0.05, 0.1) is 11.5 Å². The Morgan fingerprint density at radius 3 is 2.59 bits per heavy atom. The lowest BCUT2D eigenvalue weighted by molar-refractivity contribution is 0.0702. The summed E-state index contributed by atoms with van der Waals surface area (Å²) in [5, 5.41) is 2.51. The van der Waals surface area contributed by atoms with Crippen LogP contribution in [0.5, 0.6) is 0 Å². The molecule has 1 saturated heterocycles. The van der Waals surface area contributed by atoms with Gasteiger partial charge >= 0.3 is 0 Å². The zero-order chi connectivity index (χ0) is 19.6. The van der Waals surface area contributed by atoms with Crippen molar-refractivity contribution in [3.8, 4) is 0 Å². The number of halogens is 2. The zero-order valence-corrected chi connectivity index (χ0v) is 15.3. The summed E-state index contributed by atoms with van der Waals surface area (Å²) in [6.07, 6.45) is 1.48. The van der Waals surface area contributed by atoms with Crippen molar-refractivity contribution in [1.82, 2.24) is 14.9 Å². The molecule has 1 aromatic carbocycles. The molecule has 1 aliphatic heterocycles. The summed E-state index contributed by atoms with van der Waals surface area (Å²) >= 11 is 0. The van der Waals surface area contributed by atoms with E-state index in [1.54, 1.807) is 6.92 Å². The van der Waals surface area contributed by atoms with Gasteiger partial charge in [0.1, 0.15) is 35.2 Å². The number of hydrogen-bond donors (Lipinski definition) is 1. The average molecular weight is 396 g/mol. The first-order chi connectivity index (χ1) is 12.8. The SMILES string of the molecule is CCN(C(=O)c1cc(Nc2c(F)cccc2F)ncn1)C1CCS(=O)(=O)C1. The molecule has 1 N–H and O–H groups in total. The van der Waals surface area contributed by atoms with E-state index >= 15 is 0 Å². The molecule has 0 saturated carbocycles. The number of rotatable bonds is 5. The van der Waals surface area contributed by atoms with Gasteiger partial charge in [0, 0.05) is 18.7 Å². The van der Waals surface area contributed by atoms with E-state index in [9.17, 15) is 22.0 Å². The average Bonchev–Trinajstić information content (AvgIpc) is 2.99. The molecule has 0 aliphatic carbocycles. The molecular formula is C17H18F2N4O3S. The fourth-order valence-electron chi connectivity index (χ4n) is 3.02. The Balaban J connectivity index is 1.83. The number of hydrogen-bond acceptors (Lipinski definition) is 6. The molecule has 7 nitrogen and oxygen atoms in total. The number of aromatic nitrogens is 2. The summed E-state index contributed by atoms with van der Waals surface area (Å²) in [4.78, 5) is 22.0. The Bertz CT molecular complexity index is 948. The monoisotopic (exact) mass is 396 g/mol. The molecule has 1 atom stereocenters. The number of anilines is 2. The predicted molar refractivity (Wildman–Crippen MR) is 95.4 cm³/mol. The van der Waals surface area contributed by atoms with Gasteiger partial charge in [0.15, 0.2) is 9.84 Å². The van der Waals surface area contributed by atoms with E-state index in [4.69, 9.17) is 0 Å². The second-order valence-electron chi connectivity index (χ2n) is 6.16. The van der Waals surface area contributed by atoms with Crippen molar-refractivity contribution in [1.29, 1.82) is 0 Å². The summed E-state index contributed by atoms with van der Waals surface area (Å²) in [7, 11) is -3.15. The van der Waals surface area contributed by atoms with Crippen LogP contribution < -0.4 is 5.32 Å². The lowest BCUT2D eigenvalue weighted by Gasteiger charge is -2.26. The van der Waals surface area contributed by atoms with Crippen LogP contribution in [0.15, 0.2) is 30.6 Å². The summed E-state index contributed by atoms with van der Waals surface area (Å²) in [5.74, 6) is -2.04. The van der Waals surface area contributed by atoms with Crippen LogP contribution in [0.1, 0.15) is 23.8 Å². The van der Waals surface area contributed by atoms with Gasteiger partial charge in [-0.1, -0.05) is 6.07 Å². The standard InChI is InChI=1S/C17H18F2N4O3S/c1-2-23(11-6-7-27(25,26)9-11)17(24)14-8-15(21-10-20-14)22-16-12(18)4-3-5-13(16)19/h3-5,8,10-11H,2,6-7,9H2,1H3,(H,20,21,22). The number of amides is 1. The highest BCUT2D eigenvalue weighted by atomic mass is 32.2. The van der Waals surface area contributed by atoms with Crippen LogP contribution in [0.25, 0.3) is 0 Å². The molecule has 1 fully saturated rings. The molecule has 2 heterocycles. The van der Waals surface area contributed by atoms with Gasteiger partial charge in [0.25, 0.3) is 5.91 Å². The number of carbonyl (C=O) groups excluding carboxylic acids is 1. The highest BCUT2D eigenvalue weighted by Gasteiger charge is 2.34. The topological polar surface area (TPSA) is 92.3 Å². The molecule has 144 valence electrons. The van der Waals surface area contributed by atoms with Crippen LogP contribution in [0.4, 0.5) is 20.3 Å². The lowest BCUT2D eigenvalue weighted by atomic mass is 10.2. The summed E-state index contributed by atoms with van der Waals surface area (Å²) in [5.41, 5.74) is -0.376.